The number of nitrogens with one attached hydrogen (secondary N) is 1. The maximum atomic E-state index is 12.2. The molecule has 1 N–H and O–H groups in total. The average molecular weight is 247 g/mol. The third-order valence-corrected chi connectivity index (χ3v) is 2.38. The van der Waals surface area contributed by atoms with Crippen LogP contribution >= 0.6 is 0 Å². The fourth-order valence-corrected chi connectivity index (χ4v) is 1.71. The predicted molar refractivity (Wildman–Crippen MR) is 59.8 cm³/mol. The van der Waals surface area contributed by atoms with Crippen molar-refractivity contribution in [3.63, 3.8) is 0 Å². The third kappa shape index (κ3) is 4.26. The van der Waals surface area contributed by atoms with E-state index in [0.717, 1.165) is 0 Å². The molecule has 0 bridgehead atoms. The Bertz CT molecular complexity index is 352. The van der Waals surface area contributed by atoms with Crippen molar-refractivity contribution in [2.45, 2.75) is 32.7 Å². The quantitative estimate of drug-likeness (QED) is 0.857. The number of hydrogen-bond donors (Lipinski definition) is 1. The van der Waals surface area contributed by atoms with E-state index in [9.17, 15) is 13.2 Å². The van der Waals surface area contributed by atoms with Crippen molar-refractivity contribution in [2.24, 2.45) is 0 Å². The molecule has 5 heteroatoms. The summed E-state index contributed by atoms with van der Waals surface area (Å²) in [4.78, 5) is 0. The molecule has 0 spiro atoms. The Morgan fingerprint density at radius 1 is 1.24 bits per heavy atom. The lowest BCUT2D eigenvalue weighted by molar-refractivity contribution is -0.275. The first-order chi connectivity index (χ1) is 7.98. The first kappa shape index (κ1) is 13.8. The van der Waals surface area contributed by atoms with E-state index in [1.807, 2.05) is 13.8 Å². The van der Waals surface area contributed by atoms with Crippen LogP contribution in [0.4, 0.5) is 13.2 Å². The fourth-order valence-electron chi connectivity index (χ4n) is 1.71. The van der Waals surface area contributed by atoms with Crippen molar-refractivity contribution in [2.75, 3.05) is 6.54 Å². The first-order valence-electron chi connectivity index (χ1n) is 5.56. The van der Waals surface area contributed by atoms with Crippen molar-refractivity contribution >= 4 is 0 Å². The summed E-state index contributed by atoms with van der Waals surface area (Å²) in [5.74, 6) is -0.132. The highest BCUT2D eigenvalue weighted by Crippen LogP contribution is 2.31. The largest absolute Gasteiger partial charge is 0.573 e. The van der Waals surface area contributed by atoms with Crippen LogP contribution in [0, 0.1) is 0 Å². The Morgan fingerprint density at radius 2 is 1.88 bits per heavy atom. The molecule has 0 aliphatic rings. The molecule has 2 nitrogen and oxygen atoms in total. The number of benzene rings is 1. The second-order valence-corrected chi connectivity index (χ2v) is 3.60. The van der Waals surface area contributed by atoms with Gasteiger partial charge in [0, 0.05) is 11.6 Å². The minimum Gasteiger partial charge on any atom is -0.405 e. The van der Waals surface area contributed by atoms with Crippen molar-refractivity contribution in [3.8, 4) is 5.75 Å². The van der Waals surface area contributed by atoms with Gasteiger partial charge in [-0.15, -0.1) is 13.2 Å². The first-order valence-corrected chi connectivity index (χ1v) is 5.56. The summed E-state index contributed by atoms with van der Waals surface area (Å²) < 4.78 is 40.7. The molecule has 1 rings (SSSR count). The van der Waals surface area contributed by atoms with Crippen LogP contribution in [0.2, 0.25) is 0 Å². The summed E-state index contributed by atoms with van der Waals surface area (Å²) >= 11 is 0. The molecule has 0 unspecified atom stereocenters. The predicted octanol–water partition coefficient (Wildman–Crippen LogP) is 3.65. The number of ether oxygens (including phenoxy) is 1. The molecular weight excluding hydrogens is 231 g/mol. The molecule has 96 valence electrons. The molecule has 0 aliphatic carbocycles. The van der Waals surface area contributed by atoms with Gasteiger partial charge in [0.05, 0.1) is 0 Å². The monoisotopic (exact) mass is 247 g/mol. The number of para-hydroxylation sites is 1. The van der Waals surface area contributed by atoms with E-state index in [-0.39, 0.29) is 11.8 Å². The van der Waals surface area contributed by atoms with Gasteiger partial charge in [-0.3, -0.25) is 0 Å². The van der Waals surface area contributed by atoms with E-state index in [0.29, 0.717) is 18.5 Å². The standard InChI is InChI=1S/C12H16F3NO/c1-3-10(16-4-2)9-7-5-6-8-11(9)17-12(13,14)15/h5-8,10,16H,3-4H2,1-2H3/t10-/m0/s1. The summed E-state index contributed by atoms with van der Waals surface area (Å²) in [5.41, 5.74) is 0.536. The average Bonchev–Trinajstić information content (AvgIpc) is 2.25. The lowest BCUT2D eigenvalue weighted by Crippen LogP contribution is -2.23. The van der Waals surface area contributed by atoms with Gasteiger partial charge in [-0.05, 0) is 19.0 Å². The molecule has 1 aromatic carbocycles. The summed E-state index contributed by atoms with van der Waals surface area (Å²) in [5, 5.41) is 3.13. The lowest BCUT2D eigenvalue weighted by atomic mass is 10.0. The molecular formula is C12H16F3NO. The molecule has 0 radical (unpaired) electrons. The van der Waals surface area contributed by atoms with Crippen LogP contribution in [-0.2, 0) is 0 Å². The van der Waals surface area contributed by atoms with E-state index < -0.39 is 6.36 Å². The zero-order valence-electron chi connectivity index (χ0n) is 9.84. The minimum absolute atomic E-state index is 0.126. The molecule has 0 saturated carbocycles. The van der Waals surface area contributed by atoms with E-state index in [1.54, 1.807) is 12.1 Å². The van der Waals surface area contributed by atoms with E-state index in [4.69, 9.17) is 0 Å². The molecule has 0 aliphatic heterocycles. The van der Waals surface area contributed by atoms with E-state index >= 15 is 0 Å². The van der Waals surface area contributed by atoms with Crippen molar-refractivity contribution in [3.05, 3.63) is 29.8 Å². The lowest BCUT2D eigenvalue weighted by Gasteiger charge is -2.20. The highest BCUT2D eigenvalue weighted by atomic mass is 19.4. The topological polar surface area (TPSA) is 21.3 Å². The molecule has 17 heavy (non-hydrogen) atoms. The Kier molecular flexibility index (Phi) is 4.81. The van der Waals surface area contributed by atoms with E-state index in [1.165, 1.54) is 12.1 Å². The second kappa shape index (κ2) is 5.91. The number of hydrogen-bond acceptors (Lipinski definition) is 2. The molecule has 1 aromatic rings. The highest BCUT2D eigenvalue weighted by molar-refractivity contribution is 5.36. The van der Waals surface area contributed by atoms with E-state index in [2.05, 4.69) is 10.1 Å². The molecule has 0 fully saturated rings. The van der Waals surface area contributed by atoms with Gasteiger partial charge in [-0.2, -0.15) is 0 Å². The van der Waals surface area contributed by atoms with Crippen molar-refractivity contribution in [1.82, 2.24) is 5.32 Å². The third-order valence-electron chi connectivity index (χ3n) is 2.38. The van der Waals surface area contributed by atoms with Crippen LogP contribution < -0.4 is 10.1 Å². The van der Waals surface area contributed by atoms with Gasteiger partial charge in [0.15, 0.2) is 0 Å². The van der Waals surface area contributed by atoms with Gasteiger partial charge in [0.1, 0.15) is 5.75 Å². The maximum absolute atomic E-state index is 12.2. The smallest absolute Gasteiger partial charge is 0.405 e. The van der Waals surface area contributed by atoms with Gasteiger partial charge in [-0.1, -0.05) is 32.0 Å². The summed E-state index contributed by atoms with van der Waals surface area (Å²) in [6.07, 6.45) is -3.95. The Labute approximate surface area is 98.8 Å². The zero-order valence-corrected chi connectivity index (χ0v) is 9.84. The molecule has 1 atom stereocenters. The summed E-state index contributed by atoms with van der Waals surface area (Å²) in [6.45, 7) is 4.52. The second-order valence-electron chi connectivity index (χ2n) is 3.60. The normalized spacial score (nSPS) is 13.5. The van der Waals surface area contributed by atoms with Gasteiger partial charge >= 0.3 is 6.36 Å². The van der Waals surface area contributed by atoms with Crippen LogP contribution in [0.25, 0.3) is 0 Å². The van der Waals surface area contributed by atoms with Crippen LogP contribution in [-0.4, -0.2) is 12.9 Å². The summed E-state index contributed by atoms with van der Waals surface area (Å²) in [6, 6.07) is 6.10. The fraction of sp³-hybridized carbons (Fsp3) is 0.500. The maximum Gasteiger partial charge on any atom is 0.573 e. The minimum atomic E-state index is -4.65. The number of halogens is 3. The molecule has 0 saturated heterocycles. The van der Waals surface area contributed by atoms with Gasteiger partial charge in [-0.25, -0.2) is 0 Å². The van der Waals surface area contributed by atoms with Crippen molar-refractivity contribution in [1.29, 1.82) is 0 Å². The Balaban J connectivity index is 2.97. The van der Waals surface area contributed by atoms with Gasteiger partial charge in [0.2, 0.25) is 0 Å². The highest BCUT2D eigenvalue weighted by Gasteiger charge is 2.32. The van der Waals surface area contributed by atoms with Gasteiger partial charge in [0.25, 0.3) is 0 Å². The molecule has 0 aromatic heterocycles. The SMILES string of the molecule is CCN[C@@H](CC)c1ccccc1OC(F)(F)F. The number of rotatable bonds is 5. The van der Waals surface area contributed by atoms with Crippen molar-refractivity contribution < 1.29 is 17.9 Å². The van der Waals surface area contributed by atoms with Crippen LogP contribution in [0.5, 0.6) is 5.75 Å². The van der Waals surface area contributed by atoms with Crippen LogP contribution in [0.15, 0.2) is 24.3 Å². The molecule has 0 heterocycles. The Morgan fingerprint density at radius 3 is 2.41 bits per heavy atom. The number of alkyl halides is 3. The Hall–Kier alpha value is -1.23. The summed E-state index contributed by atoms with van der Waals surface area (Å²) in [7, 11) is 0. The molecule has 0 amide bonds. The van der Waals surface area contributed by atoms with Crippen LogP contribution in [0.1, 0.15) is 31.9 Å². The van der Waals surface area contributed by atoms with Gasteiger partial charge < -0.3 is 10.1 Å². The zero-order chi connectivity index (χ0) is 12.9. The van der Waals surface area contributed by atoms with Crippen LogP contribution in [0.3, 0.4) is 0 Å².